The van der Waals surface area contributed by atoms with E-state index in [2.05, 4.69) is 72.7 Å². The normalized spacial score (nSPS) is 18.2. The molecule has 90 heavy (non-hydrogen) atoms. The summed E-state index contributed by atoms with van der Waals surface area (Å²) in [6, 6.07) is 13.1. The molecule has 0 unspecified atom stereocenters. The zero-order valence-electron chi connectivity index (χ0n) is 52.1. The highest BCUT2D eigenvalue weighted by molar-refractivity contribution is 5.96. The molecular weight excluding hydrogens is 1160 g/mol. The van der Waals surface area contributed by atoms with Gasteiger partial charge >= 0.3 is 0 Å². The number of carbonyl (C=O) groups is 2. The fraction of sp³-hybridized carbons (Fsp3) is 0.477. The maximum atomic E-state index is 15.1. The second-order valence-corrected chi connectivity index (χ2v) is 25.4. The molecule has 5 fully saturated rings. The van der Waals surface area contributed by atoms with Gasteiger partial charge in [0.05, 0.1) is 45.9 Å². The number of pyridine rings is 2. The van der Waals surface area contributed by atoms with Crippen molar-refractivity contribution in [1.82, 2.24) is 73.9 Å². The monoisotopic (exact) mass is 1240 g/mol. The molecule has 19 nitrogen and oxygen atoms in total. The standard InChI is InChI=1S/C34H41F2N9O.C31H34F4N8O/c1-20(2)45-22(4)39-31-26(35)16-23(17-28(31)45)30-27(36)18-37-33(41-30)40-29-7-6-25(21(3)38-29)32(46)43-12-8-24(9-13-43)44-15-14-42(5)34(19-44)10-11-34;1-16(2)43-18(4)38-28-23(32)11-19(12-25(28)43)27-24(33)15-36-30(41-27)40-26-6-5-22(17(3)37-26)29(44)42-9-7-20(8-10-42)39-21-13-31(34,35)14-21/h6-7,16-18,20,24H,8-15,19H2,1-5H3,(H,37,38,40,41);5-6,11-12,15-16,20-21,39H,7-10,13-14H2,1-4H3,(H,36,37,40,41). The number of carbonyl (C=O) groups excluding carboxylic acids is 2. The summed E-state index contributed by atoms with van der Waals surface area (Å²) in [6.07, 6.45) is 7.77. The zero-order chi connectivity index (χ0) is 63.7. The molecule has 2 aliphatic carbocycles. The third-order valence-corrected chi connectivity index (χ3v) is 18.5. The van der Waals surface area contributed by atoms with Crippen molar-refractivity contribution in [3.63, 3.8) is 0 Å². The molecule has 3 aliphatic heterocycles. The van der Waals surface area contributed by atoms with E-state index in [9.17, 15) is 27.2 Å². The number of piperidine rings is 2. The Kier molecular flexibility index (Phi) is 16.9. The molecule has 474 valence electrons. The fourth-order valence-electron chi connectivity index (χ4n) is 13.5. The largest absolute Gasteiger partial charge is 0.338 e. The highest BCUT2D eigenvalue weighted by Gasteiger charge is 2.51. The Bertz CT molecular complexity index is 4050. The summed E-state index contributed by atoms with van der Waals surface area (Å²) >= 11 is 0. The lowest BCUT2D eigenvalue weighted by molar-refractivity contribution is -0.0956. The van der Waals surface area contributed by atoms with Gasteiger partial charge in [-0.05, 0) is 149 Å². The van der Waals surface area contributed by atoms with E-state index in [1.165, 1.54) is 25.0 Å². The second-order valence-electron chi connectivity index (χ2n) is 25.4. The van der Waals surface area contributed by atoms with Gasteiger partial charge < -0.3 is 34.9 Å². The van der Waals surface area contributed by atoms with E-state index >= 15 is 8.78 Å². The van der Waals surface area contributed by atoms with Gasteiger partial charge in [-0.2, -0.15) is 0 Å². The maximum absolute atomic E-state index is 15.1. The number of anilines is 4. The zero-order valence-corrected chi connectivity index (χ0v) is 52.1. The van der Waals surface area contributed by atoms with Crippen LogP contribution in [0.15, 0.2) is 60.9 Å². The van der Waals surface area contributed by atoms with E-state index in [4.69, 9.17) is 0 Å². The molecule has 0 atom stereocenters. The van der Waals surface area contributed by atoms with Gasteiger partial charge in [0.2, 0.25) is 11.9 Å². The predicted octanol–water partition coefficient (Wildman–Crippen LogP) is 11.6. The molecule has 25 heteroatoms. The number of nitrogens with zero attached hydrogens (tertiary/aromatic N) is 14. The third-order valence-electron chi connectivity index (χ3n) is 18.5. The number of piperazine rings is 1. The first-order valence-electron chi connectivity index (χ1n) is 31.0. The number of aromatic nitrogens is 10. The van der Waals surface area contributed by atoms with Gasteiger partial charge in [0.15, 0.2) is 23.3 Å². The lowest BCUT2D eigenvalue weighted by Gasteiger charge is -2.46. The molecule has 1 spiro atoms. The maximum Gasteiger partial charge on any atom is 0.255 e. The SMILES string of the molecule is Cc1nc(Nc2ncc(F)c(-c3cc(F)c4nc(C)n(C(C)C)c4c3)n2)ccc1C(=O)N1CCC(N2CCN(C)C3(CC3)C2)CC1.Cc1nc(Nc2ncc(F)c(-c3cc(F)c4nc(C)n(C(C)C)c4c3)n2)ccc1C(=O)N1CCC(NC2CC(F)(F)C2)CC1. The van der Waals surface area contributed by atoms with Crippen LogP contribution in [0.5, 0.6) is 0 Å². The van der Waals surface area contributed by atoms with E-state index < -0.39 is 29.2 Å². The topological polar surface area (TPSA) is 196 Å². The molecule has 2 amide bonds. The second kappa shape index (κ2) is 24.6. The molecule has 13 rings (SSSR count). The number of likely N-dealkylation sites (tertiary alicyclic amines) is 2. The molecule has 0 bridgehead atoms. The lowest BCUT2D eigenvalue weighted by atomic mass is 9.87. The highest BCUT2D eigenvalue weighted by Crippen LogP contribution is 2.44. The van der Waals surface area contributed by atoms with Crippen molar-refractivity contribution in [3.8, 4) is 22.5 Å². The number of amides is 2. The number of benzene rings is 2. The van der Waals surface area contributed by atoms with Crippen LogP contribution in [0.1, 0.15) is 135 Å². The van der Waals surface area contributed by atoms with Crippen molar-refractivity contribution >= 4 is 57.4 Å². The van der Waals surface area contributed by atoms with Gasteiger partial charge in [-0.25, -0.2) is 66.2 Å². The van der Waals surface area contributed by atoms with Gasteiger partial charge in [-0.15, -0.1) is 0 Å². The summed E-state index contributed by atoms with van der Waals surface area (Å²) in [5.74, 6) is -2.96. The molecule has 3 N–H and O–H groups in total. The number of aryl methyl sites for hydroxylation is 4. The molecule has 8 aromatic rings. The van der Waals surface area contributed by atoms with Crippen molar-refractivity contribution in [2.24, 2.45) is 0 Å². The number of hydrogen-bond acceptors (Lipinski definition) is 15. The van der Waals surface area contributed by atoms with Crippen molar-refractivity contribution in [1.29, 1.82) is 0 Å². The summed E-state index contributed by atoms with van der Waals surface area (Å²) in [5.41, 5.74) is 4.45. The number of fused-ring (bicyclic) bond motifs is 2. The quantitative estimate of drug-likeness (QED) is 0.0922. The summed E-state index contributed by atoms with van der Waals surface area (Å²) in [4.78, 5) is 70.2. The summed E-state index contributed by atoms with van der Waals surface area (Å²) in [7, 11) is 2.25. The Morgan fingerprint density at radius 1 is 0.567 bits per heavy atom. The first kappa shape index (κ1) is 62.1. The van der Waals surface area contributed by atoms with Gasteiger partial charge in [0.1, 0.15) is 45.7 Å². The fourth-order valence-corrected chi connectivity index (χ4v) is 13.5. The van der Waals surface area contributed by atoms with Gasteiger partial charge in [-0.1, -0.05) is 0 Å². The summed E-state index contributed by atoms with van der Waals surface area (Å²) < 4.78 is 90.1. The van der Waals surface area contributed by atoms with Crippen molar-refractivity contribution in [3.05, 3.63) is 118 Å². The molecular formula is C65H75F6N17O2. The van der Waals surface area contributed by atoms with E-state index in [-0.39, 0.29) is 94.3 Å². The first-order valence-corrected chi connectivity index (χ1v) is 31.0. The minimum atomic E-state index is -2.56. The number of likely N-dealkylation sites (N-methyl/N-ethyl adjacent to an activating group) is 1. The predicted molar refractivity (Wildman–Crippen MR) is 331 cm³/mol. The van der Waals surface area contributed by atoms with Gasteiger partial charge in [-0.3, -0.25) is 19.4 Å². The Labute approximate surface area is 518 Å². The smallest absolute Gasteiger partial charge is 0.255 e. The molecule has 2 saturated carbocycles. The van der Waals surface area contributed by atoms with E-state index in [1.807, 2.05) is 48.7 Å². The van der Waals surface area contributed by atoms with Gasteiger partial charge in [0.25, 0.3) is 17.7 Å². The Balaban J connectivity index is 0.000000175. The van der Waals surface area contributed by atoms with E-state index in [1.54, 1.807) is 62.1 Å². The van der Waals surface area contributed by atoms with Crippen molar-refractivity contribution in [2.45, 2.75) is 148 Å². The van der Waals surface area contributed by atoms with Crippen LogP contribution in [0.3, 0.4) is 0 Å². The number of alkyl halides is 2. The minimum absolute atomic E-state index is 0.0133. The van der Waals surface area contributed by atoms with E-state index in [0.717, 1.165) is 58.0 Å². The van der Waals surface area contributed by atoms with Crippen LogP contribution in [0.2, 0.25) is 0 Å². The highest BCUT2D eigenvalue weighted by atomic mass is 19.3. The molecule has 2 aromatic carbocycles. The third kappa shape index (κ3) is 12.6. The number of nitrogens with one attached hydrogen (secondary N) is 3. The van der Waals surface area contributed by atoms with E-state index in [0.29, 0.717) is 94.3 Å². The van der Waals surface area contributed by atoms with Crippen molar-refractivity contribution in [2.75, 3.05) is 63.5 Å². The molecule has 9 heterocycles. The molecule has 6 aromatic heterocycles. The van der Waals surface area contributed by atoms with Crippen LogP contribution in [0.25, 0.3) is 44.6 Å². The minimum Gasteiger partial charge on any atom is -0.338 e. The number of hydrogen-bond donors (Lipinski definition) is 3. The molecule has 5 aliphatic rings. The van der Waals surface area contributed by atoms with Crippen LogP contribution in [-0.2, 0) is 0 Å². The lowest BCUT2D eigenvalue weighted by Crippen LogP contribution is -2.58. The number of halogens is 6. The molecule has 3 saturated heterocycles. The average Bonchev–Trinajstić information content (AvgIpc) is 1.61. The van der Waals surface area contributed by atoms with Crippen LogP contribution >= 0.6 is 0 Å². The average molecular weight is 1240 g/mol. The number of imidazole rings is 2. The Morgan fingerprint density at radius 2 is 1.02 bits per heavy atom. The van der Waals surface area contributed by atoms with Crippen LogP contribution in [-0.4, -0.2) is 163 Å². The van der Waals surface area contributed by atoms with Crippen LogP contribution in [0, 0.1) is 51.0 Å². The molecule has 0 radical (unpaired) electrons. The van der Waals surface area contributed by atoms with Gasteiger partial charge in [0, 0.05) is 106 Å². The Morgan fingerprint density at radius 3 is 1.44 bits per heavy atom. The van der Waals surface area contributed by atoms with Crippen LogP contribution in [0.4, 0.5) is 49.9 Å². The van der Waals surface area contributed by atoms with Crippen LogP contribution < -0.4 is 16.0 Å². The summed E-state index contributed by atoms with van der Waals surface area (Å²) in [6.45, 7) is 20.9. The van der Waals surface area contributed by atoms with Crippen molar-refractivity contribution < 1.29 is 35.9 Å². The Hall–Kier alpha value is -8.16. The number of rotatable bonds is 13. The first-order chi connectivity index (χ1) is 42.9. The summed E-state index contributed by atoms with van der Waals surface area (Å²) in [5, 5.41) is 9.27.